The van der Waals surface area contributed by atoms with Crippen LogP contribution in [0.4, 0.5) is 10.1 Å². The molecule has 1 aromatic carbocycles. The molecule has 0 aliphatic heterocycles. The molecule has 20 heavy (non-hydrogen) atoms. The van der Waals surface area contributed by atoms with Crippen LogP contribution in [-0.2, 0) is 0 Å². The van der Waals surface area contributed by atoms with Gasteiger partial charge in [0.1, 0.15) is 5.56 Å². The summed E-state index contributed by atoms with van der Waals surface area (Å²) < 4.78 is 18.5. The first-order chi connectivity index (χ1) is 9.50. The summed E-state index contributed by atoms with van der Waals surface area (Å²) in [4.78, 5) is 24.5. The molecular formula is C12H7FN2O5. The van der Waals surface area contributed by atoms with E-state index in [1.807, 2.05) is 0 Å². The third-order valence-electron chi connectivity index (χ3n) is 2.37. The molecule has 0 bridgehead atoms. The van der Waals surface area contributed by atoms with Crippen molar-refractivity contribution < 1.29 is 24.0 Å². The van der Waals surface area contributed by atoms with E-state index in [0.717, 1.165) is 12.3 Å². The first-order valence-electron chi connectivity index (χ1n) is 5.28. The maximum absolute atomic E-state index is 13.4. The highest BCUT2D eigenvalue weighted by molar-refractivity contribution is 5.90. The van der Waals surface area contributed by atoms with Crippen LogP contribution in [0.1, 0.15) is 10.4 Å². The van der Waals surface area contributed by atoms with E-state index in [9.17, 15) is 19.3 Å². The summed E-state index contributed by atoms with van der Waals surface area (Å²) in [6.07, 6.45) is 2.31. The molecule has 2 rings (SSSR count). The molecule has 0 unspecified atom stereocenters. The minimum absolute atomic E-state index is 0.214. The van der Waals surface area contributed by atoms with Crippen molar-refractivity contribution in [3.63, 3.8) is 0 Å². The number of ether oxygens (including phenoxy) is 1. The Morgan fingerprint density at radius 3 is 2.75 bits per heavy atom. The molecular weight excluding hydrogens is 271 g/mol. The van der Waals surface area contributed by atoms with E-state index in [-0.39, 0.29) is 11.3 Å². The SMILES string of the molecule is O=C(O)c1ccncc1Oc1cccc(F)c1[N+](=O)[O-]. The minimum atomic E-state index is -1.29. The third-order valence-corrected chi connectivity index (χ3v) is 2.37. The first kappa shape index (κ1) is 13.4. The van der Waals surface area contributed by atoms with Gasteiger partial charge in [0.2, 0.25) is 11.6 Å². The summed E-state index contributed by atoms with van der Waals surface area (Å²) in [5.74, 6) is -2.98. The van der Waals surface area contributed by atoms with Gasteiger partial charge in [0.15, 0.2) is 5.75 Å². The smallest absolute Gasteiger partial charge is 0.346 e. The number of aromatic nitrogens is 1. The Labute approximate surface area is 111 Å². The van der Waals surface area contributed by atoms with Gasteiger partial charge >= 0.3 is 11.7 Å². The lowest BCUT2D eigenvalue weighted by Crippen LogP contribution is -2.02. The maximum Gasteiger partial charge on any atom is 0.346 e. The first-order valence-corrected chi connectivity index (χ1v) is 5.28. The number of nitro benzene ring substituents is 1. The number of nitrogens with zero attached hydrogens (tertiary/aromatic N) is 2. The van der Waals surface area contributed by atoms with Gasteiger partial charge in [-0.05, 0) is 18.2 Å². The lowest BCUT2D eigenvalue weighted by atomic mass is 10.2. The molecule has 102 valence electrons. The Morgan fingerprint density at radius 1 is 1.35 bits per heavy atom. The summed E-state index contributed by atoms with van der Waals surface area (Å²) in [6.45, 7) is 0. The van der Waals surface area contributed by atoms with E-state index in [4.69, 9.17) is 9.84 Å². The lowest BCUT2D eigenvalue weighted by Gasteiger charge is -2.08. The summed E-state index contributed by atoms with van der Waals surface area (Å²) in [7, 11) is 0. The van der Waals surface area contributed by atoms with Crippen molar-refractivity contribution in [1.29, 1.82) is 0 Å². The number of aromatic carboxylic acids is 1. The van der Waals surface area contributed by atoms with Crippen molar-refractivity contribution in [2.24, 2.45) is 0 Å². The van der Waals surface area contributed by atoms with Gasteiger partial charge in [0, 0.05) is 6.20 Å². The van der Waals surface area contributed by atoms with E-state index in [1.165, 1.54) is 24.4 Å². The normalized spacial score (nSPS) is 10.1. The van der Waals surface area contributed by atoms with E-state index >= 15 is 0 Å². The van der Waals surface area contributed by atoms with Crippen LogP contribution >= 0.6 is 0 Å². The number of rotatable bonds is 4. The number of hydrogen-bond acceptors (Lipinski definition) is 5. The molecule has 0 atom stereocenters. The van der Waals surface area contributed by atoms with Crippen molar-refractivity contribution in [2.75, 3.05) is 0 Å². The van der Waals surface area contributed by atoms with Crippen LogP contribution in [0.15, 0.2) is 36.7 Å². The summed E-state index contributed by atoms with van der Waals surface area (Å²) in [5.41, 5.74) is -1.11. The maximum atomic E-state index is 13.4. The predicted octanol–water partition coefficient (Wildman–Crippen LogP) is 2.62. The largest absolute Gasteiger partial charge is 0.478 e. The van der Waals surface area contributed by atoms with Crippen LogP contribution in [0.2, 0.25) is 0 Å². The molecule has 0 aliphatic carbocycles. The zero-order chi connectivity index (χ0) is 14.7. The highest BCUT2D eigenvalue weighted by Crippen LogP contribution is 2.34. The van der Waals surface area contributed by atoms with E-state index < -0.39 is 28.1 Å². The molecule has 8 heteroatoms. The summed E-state index contributed by atoms with van der Waals surface area (Å²) in [5, 5.41) is 19.8. The summed E-state index contributed by atoms with van der Waals surface area (Å²) in [6, 6.07) is 4.46. The number of benzene rings is 1. The van der Waals surface area contributed by atoms with Crippen molar-refractivity contribution >= 4 is 11.7 Å². The van der Waals surface area contributed by atoms with Gasteiger partial charge in [-0.1, -0.05) is 6.07 Å². The average molecular weight is 278 g/mol. The van der Waals surface area contributed by atoms with Crippen molar-refractivity contribution in [3.05, 3.63) is 58.2 Å². The van der Waals surface area contributed by atoms with Gasteiger partial charge in [-0.2, -0.15) is 4.39 Å². The van der Waals surface area contributed by atoms with Crippen LogP contribution in [0, 0.1) is 15.9 Å². The second kappa shape index (κ2) is 5.31. The molecule has 0 aliphatic rings. The number of carboxylic acids is 1. The van der Waals surface area contributed by atoms with Gasteiger partial charge in [0.25, 0.3) is 0 Å². The Balaban J connectivity index is 2.49. The minimum Gasteiger partial charge on any atom is -0.478 e. The highest BCUT2D eigenvalue weighted by atomic mass is 19.1. The zero-order valence-electron chi connectivity index (χ0n) is 9.82. The van der Waals surface area contributed by atoms with Gasteiger partial charge in [0.05, 0.1) is 11.1 Å². The standard InChI is InChI=1S/C12H7FN2O5/c13-8-2-1-3-9(11(8)15(18)19)20-10-6-14-5-4-7(10)12(16)17/h1-6H,(H,16,17). The zero-order valence-corrected chi connectivity index (χ0v) is 9.82. The molecule has 1 aromatic heterocycles. The molecule has 0 radical (unpaired) electrons. The second-order valence-corrected chi connectivity index (χ2v) is 3.62. The highest BCUT2D eigenvalue weighted by Gasteiger charge is 2.23. The van der Waals surface area contributed by atoms with E-state index in [1.54, 1.807) is 0 Å². The van der Waals surface area contributed by atoms with Crippen LogP contribution in [0.25, 0.3) is 0 Å². The average Bonchev–Trinajstić information content (AvgIpc) is 2.38. The molecule has 0 saturated heterocycles. The molecule has 2 aromatic rings. The number of pyridine rings is 1. The van der Waals surface area contributed by atoms with Gasteiger partial charge in [-0.15, -0.1) is 0 Å². The topological polar surface area (TPSA) is 103 Å². The van der Waals surface area contributed by atoms with Crippen LogP contribution in [0.3, 0.4) is 0 Å². The third kappa shape index (κ3) is 2.53. The number of nitro groups is 1. The fourth-order valence-corrected chi connectivity index (χ4v) is 1.51. The van der Waals surface area contributed by atoms with Crippen LogP contribution in [0.5, 0.6) is 11.5 Å². The number of halogens is 1. The van der Waals surface area contributed by atoms with Gasteiger partial charge in [-0.25, -0.2) is 4.79 Å². The van der Waals surface area contributed by atoms with Gasteiger partial charge < -0.3 is 9.84 Å². The van der Waals surface area contributed by atoms with Crippen molar-refractivity contribution in [1.82, 2.24) is 4.98 Å². The lowest BCUT2D eigenvalue weighted by molar-refractivity contribution is -0.388. The van der Waals surface area contributed by atoms with E-state index in [0.29, 0.717) is 0 Å². The summed E-state index contributed by atoms with van der Waals surface area (Å²) >= 11 is 0. The molecule has 0 spiro atoms. The number of carbonyl (C=O) groups is 1. The fourth-order valence-electron chi connectivity index (χ4n) is 1.51. The molecule has 0 saturated carbocycles. The van der Waals surface area contributed by atoms with E-state index in [2.05, 4.69) is 4.98 Å². The van der Waals surface area contributed by atoms with Crippen molar-refractivity contribution in [3.8, 4) is 11.5 Å². The molecule has 1 heterocycles. The molecule has 0 fully saturated rings. The Morgan fingerprint density at radius 2 is 2.10 bits per heavy atom. The fraction of sp³-hybridized carbons (Fsp3) is 0. The Hall–Kier alpha value is -3.03. The van der Waals surface area contributed by atoms with Crippen molar-refractivity contribution in [2.45, 2.75) is 0 Å². The number of hydrogen-bond donors (Lipinski definition) is 1. The van der Waals surface area contributed by atoms with Gasteiger partial charge in [-0.3, -0.25) is 15.1 Å². The monoisotopic (exact) mass is 278 g/mol. The molecule has 0 amide bonds. The molecule has 7 nitrogen and oxygen atoms in total. The van der Waals surface area contributed by atoms with Crippen LogP contribution < -0.4 is 4.74 Å². The predicted molar refractivity (Wildman–Crippen MR) is 64.3 cm³/mol. The number of carboxylic acid groups (broad SMARTS) is 1. The molecule has 1 N–H and O–H groups in total. The Kier molecular flexibility index (Phi) is 3.56. The second-order valence-electron chi connectivity index (χ2n) is 3.62. The number of para-hydroxylation sites is 1. The quantitative estimate of drug-likeness (QED) is 0.681. The van der Waals surface area contributed by atoms with Crippen LogP contribution in [-0.4, -0.2) is 21.0 Å². The Bertz CT molecular complexity index is 689.